The number of hydrogen-bond acceptors (Lipinski definition) is 2. The van der Waals surface area contributed by atoms with E-state index in [0.29, 0.717) is 26.1 Å². The highest BCUT2D eigenvalue weighted by molar-refractivity contribution is 5.76. The molecule has 1 heterocycles. The molecule has 0 fully saturated rings. The van der Waals surface area contributed by atoms with Crippen LogP contribution < -0.4 is 10.6 Å². The Labute approximate surface area is 145 Å². The van der Waals surface area contributed by atoms with Gasteiger partial charge in [-0.1, -0.05) is 24.3 Å². The fraction of sp³-hybridized carbons (Fsp3) is 0.263. The highest BCUT2D eigenvalue weighted by Crippen LogP contribution is 2.14. The summed E-state index contributed by atoms with van der Waals surface area (Å²) in [6, 6.07) is 14.1. The first-order chi connectivity index (χ1) is 12.1. The van der Waals surface area contributed by atoms with Crippen LogP contribution in [-0.4, -0.2) is 28.7 Å². The number of nitrogens with one attached hydrogen (secondary N) is 2. The van der Waals surface area contributed by atoms with Crippen LogP contribution in [0.25, 0.3) is 11.0 Å². The Morgan fingerprint density at radius 1 is 1.12 bits per heavy atom. The van der Waals surface area contributed by atoms with E-state index in [4.69, 9.17) is 0 Å². The van der Waals surface area contributed by atoms with E-state index in [-0.39, 0.29) is 11.8 Å². The van der Waals surface area contributed by atoms with Crippen LogP contribution >= 0.6 is 0 Å². The molecule has 1 aromatic heterocycles. The van der Waals surface area contributed by atoms with E-state index < -0.39 is 0 Å². The van der Waals surface area contributed by atoms with Gasteiger partial charge in [0.05, 0.1) is 11.0 Å². The molecule has 3 aromatic rings. The van der Waals surface area contributed by atoms with Gasteiger partial charge >= 0.3 is 6.03 Å². The number of carbonyl (C=O) groups is 1. The molecule has 25 heavy (non-hydrogen) atoms. The summed E-state index contributed by atoms with van der Waals surface area (Å²) in [5.41, 5.74) is 2.88. The molecule has 6 heteroatoms. The first kappa shape index (κ1) is 17.0. The zero-order chi connectivity index (χ0) is 17.6. The van der Waals surface area contributed by atoms with E-state index in [1.807, 2.05) is 37.3 Å². The van der Waals surface area contributed by atoms with Crippen molar-refractivity contribution in [1.82, 2.24) is 20.2 Å². The topological polar surface area (TPSA) is 59.0 Å². The Hall–Kier alpha value is -2.89. The second-order valence-electron chi connectivity index (χ2n) is 5.86. The summed E-state index contributed by atoms with van der Waals surface area (Å²) in [7, 11) is 0. The van der Waals surface area contributed by atoms with Crippen LogP contribution in [0.15, 0.2) is 48.5 Å². The third-order valence-electron chi connectivity index (χ3n) is 4.05. The number of benzene rings is 2. The minimum absolute atomic E-state index is 0.224. The van der Waals surface area contributed by atoms with Crippen molar-refractivity contribution in [3.63, 3.8) is 0 Å². The van der Waals surface area contributed by atoms with Gasteiger partial charge in [0, 0.05) is 19.6 Å². The second-order valence-corrected chi connectivity index (χ2v) is 5.86. The molecule has 2 N–H and O–H groups in total. The van der Waals surface area contributed by atoms with E-state index >= 15 is 0 Å². The number of halogens is 1. The maximum Gasteiger partial charge on any atom is 0.314 e. The normalized spacial score (nSPS) is 10.8. The molecule has 130 valence electrons. The number of aryl methyl sites for hydroxylation is 1. The van der Waals surface area contributed by atoms with Gasteiger partial charge in [0.25, 0.3) is 0 Å². The summed E-state index contributed by atoms with van der Waals surface area (Å²) in [4.78, 5) is 16.4. The van der Waals surface area contributed by atoms with Gasteiger partial charge in [-0.2, -0.15) is 0 Å². The van der Waals surface area contributed by atoms with Crippen LogP contribution in [0.2, 0.25) is 0 Å². The predicted molar refractivity (Wildman–Crippen MR) is 96.0 cm³/mol. The molecular formula is C19H21FN4O. The molecule has 0 atom stereocenters. The molecule has 0 unspecified atom stereocenters. The number of aromatic nitrogens is 2. The Balaban J connectivity index is 1.44. The summed E-state index contributed by atoms with van der Waals surface area (Å²) in [6.07, 6.45) is 0.594. The molecule has 0 bridgehead atoms. The van der Waals surface area contributed by atoms with Crippen molar-refractivity contribution >= 4 is 17.1 Å². The number of rotatable bonds is 6. The molecule has 2 amide bonds. The van der Waals surface area contributed by atoms with Gasteiger partial charge in [0.15, 0.2) is 0 Å². The number of carbonyl (C=O) groups excluding carboxylic acids is 1. The monoisotopic (exact) mass is 340 g/mol. The van der Waals surface area contributed by atoms with Crippen LogP contribution in [0.5, 0.6) is 0 Å². The third-order valence-corrected chi connectivity index (χ3v) is 4.05. The molecular weight excluding hydrogens is 319 g/mol. The summed E-state index contributed by atoms with van der Waals surface area (Å²) in [5, 5.41) is 5.62. The number of urea groups is 1. The summed E-state index contributed by atoms with van der Waals surface area (Å²) in [6.45, 7) is 3.58. The maximum absolute atomic E-state index is 13.1. The Bertz CT molecular complexity index is 875. The first-order valence-corrected chi connectivity index (χ1v) is 8.31. The van der Waals surface area contributed by atoms with Gasteiger partial charge in [-0.05, 0) is 43.2 Å². The van der Waals surface area contributed by atoms with Crippen LogP contribution in [-0.2, 0) is 13.0 Å². The number of para-hydroxylation sites is 2. The Morgan fingerprint density at radius 2 is 1.92 bits per heavy atom. The van der Waals surface area contributed by atoms with Crippen molar-refractivity contribution in [3.05, 3.63) is 65.7 Å². The summed E-state index contributed by atoms with van der Waals surface area (Å²) < 4.78 is 15.2. The van der Waals surface area contributed by atoms with Crippen LogP contribution in [0, 0.1) is 12.7 Å². The molecule has 3 rings (SSSR count). The van der Waals surface area contributed by atoms with Crippen molar-refractivity contribution in [2.45, 2.75) is 19.9 Å². The molecule has 2 aromatic carbocycles. The minimum Gasteiger partial charge on any atom is -0.338 e. The quantitative estimate of drug-likeness (QED) is 0.725. The van der Waals surface area contributed by atoms with E-state index in [0.717, 1.165) is 22.4 Å². The Kier molecular flexibility index (Phi) is 5.28. The molecule has 0 spiro atoms. The lowest BCUT2D eigenvalue weighted by Gasteiger charge is -2.10. The van der Waals surface area contributed by atoms with Crippen molar-refractivity contribution in [2.75, 3.05) is 13.1 Å². The van der Waals surface area contributed by atoms with Gasteiger partial charge < -0.3 is 15.2 Å². The lowest BCUT2D eigenvalue weighted by Crippen LogP contribution is -2.38. The average molecular weight is 340 g/mol. The maximum atomic E-state index is 13.1. The van der Waals surface area contributed by atoms with Crippen molar-refractivity contribution in [1.29, 1.82) is 0 Å². The van der Waals surface area contributed by atoms with Crippen LogP contribution in [0.1, 0.15) is 11.4 Å². The van der Waals surface area contributed by atoms with Crippen molar-refractivity contribution < 1.29 is 9.18 Å². The molecule has 0 aliphatic heterocycles. The molecule has 5 nitrogen and oxygen atoms in total. The number of amides is 2. The zero-order valence-electron chi connectivity index (χ0n) is 14.1. The summed E-state index contributed by atoms with van der Waals surface area (Å²) in [5.74, 6) is 0.666. The molecule has 0 saturated carbocycles. The van der Waals surface area contributed by atoms with Crippen LogP contribution in [0.4, 0.5) is 9.18 Å². The predicted octanol–water partition coefficient (Wildman–Crippen LogP) is 3.03. The Morgan fingerprint density at radius 3 is 2.76 bits per heavy atom. The number of nitrogens with zero attached hydrogens (tertiary/aromatic N) is 2. The van der Waals surface area contributed by atoms with Crippen molar-refractivity contribution in [3.8, 4) is 0 Å². The first-order valence-electron chi connectivity index (χ1n) is 8.31. The number of hydrogen-bond donors (Lipinski definition) is 2. The van der Waals surface area contributed by atoms with Gasteiger partial charge in [-0.3, -0.25) is 0 Å². The fourth-order valence-electron chi connectivity index (χ4n) is 2.83. The standard InChI is InChI=1S/C19H21FN4O/c1-14-23-17-7-2-3-8-18(17)24(14)12-11-22-19(25)21-10-9-15-5-4-6-16(20)13-15/h2-8,13H,9-12H2,1H3,(H2,21,22,25). The number of fused-ring (bicyclic) bond motifs is 1. The van der Waals surface area contributed by atoms with Gasteiger partial charge in [0.2, 0.25) is 0 Å². The molecule has 0 radical (unpaired) electrons. The lowest BCUT2D eigenvalue weighted by molar-refractivity contribution is 0.240. The largest absolute Gasteiger partial charge is 0.338 e. The summed E-state index contributed by atoms with van der Waals surface area (Å²) >= 11 is 0. The lowest BCUT2D eigenvalue weighted by atomic mass is 10.1. The van der Waals surface area contributed by atoms with Crippen molar-refractivity contribution in [2.24, 2.45) is 0 Å². The van der Waals surface area contributed by atoms with Gasteiger partial charge in [0.1, 0.15) is 11.6 Å². The molecule has 0 saturated heterocycles. The van der Waals surface area contributed by atoms with E-state index in [1.54, 1.807) is 6.07 Å². The smallest absolute Gasteiger partial charge is 0.314 e. The fourth-order valence-corrected chi connectivity index (χ4v) is 2.83. The van der Waals surface area contributed by atoms with E-state index in [9.17, 15) is 9.18 Å². The molecule has 0 aliphatic carbocycles. The highest BCUT2D eigenvalue weighted by Gasteiger charge is 2.07. The zero-order valence-corrected chi connectivity index (χ0v) is 14.1. The van der Waals surface area contributed by atoms with E-state index in [1.165, 1.54) is 12.1 Å². The minimum atomic E-state index is -0.259. The SMILES string of the molecule is Cc1nc2ccccc2n1CCNC(=O)NCCc1cccc(F)c1. The van der Waals surface area contributed by atoms with Gasteiger partial charge in [-0.15, -0.1) is 0 Å². The van der Waals surface area contributed by atoms with E-state index in [2.05, 4.69) is 20.2 Å². The van der Waals surface area contributed by atoms with Crippen LogP contribution in [0.3, 0.4) is 0 Å². The molecule has 0 aliphatic rings. The number of imidazole rings is 1. The third kappa shape index (κ3) is 4.35. The van der Waals surface area contributed by atoms with Gasteiger partial charge in [-0.25, -0.2) is 14.2 Å². The highest BCUT2D eigenvalue weighted by atomic mass is 19.1. The second kappa shape index (κ2) is 7.79. The average Bonchev–Trinajstić information content (AvgIpc) is 2.91.